The van der Waals surface area contributed by atoms with Crippen LogP contribution in [-0.2, 0) is 6.42 Å². The smallest absolute Gasteiger partial charge is 0.200 e. The maximum Gasteiger partial charge on any atom is 0.200 e. The van der Waals surface area contributed by atoms with Gasteiger partial charge in [0.2, 0.25) is 5.43 Å². The highest BCUT2D eigenvalue weighted by Gasteiger charge is 2.18. The molecule has 0 N–H and O–H groups in total. The van der Waals surface area contributed by atoms with Crippen molar-refractivity contribution in [2.45, 2.75) is 12.8 Å². The lowest BCUT2D eigenvalue weighted by atomic mass is 10.0. The van der Waals surface area contributed by atoms with E-state index in [1.807, 2.05) is 30.3 Å². The Morgan fingerprint density at radius 3 is 2.84 bits per heavy atom. The predicted octanol–water partition coefficient (Wildman–Crippen LogP) is 3.27. The SMILES string of the molecule is O=c1c2ccccc2oc2c3c(ccc12)CCCO3. The molecule has 0 aliphatic carbocycles. The second-order valence-corrected chi connectivity index (χ2v) is 4.81. The summed E-state index contributed by atoms with van der Waals surface area (Å²) in [6.07, 6.45) is 1.98. The van der Waals surface area contributed by atoms with E-state index in [0.717, 1.165) is 24.2 Å². The van der Waals surface area contributed by atoms with Gasteiger partial charge in [-0.05, 0) is 36.6 Å². The van der Waals surface area contributed by atoms with Gasteiger partial charge in [-0.15, -0.1) is 0 Å². The van der Waals surface area contributed by atoms with Crippen molar-refractivity contribution in [2.24, 2.45) is 0 Å². The highest BCUT2D eigenvalue weighted by molar-refractivity contribution is 5.93. The van der Waals surface area contributed by atoms with E-state index in [0.29, 0.717) is 28.5 Å². The fourth-order valence-corrected chi connectivity index (χ4v) is 2.67. The summed E-state index contributed by atoms with van der Waals surface area (Å²) >= 11 is 0. The number of fused-ring (bicyclic) bond motifs is 4. The lowest BCUT2D eigenvalue weighted by Crippen LogP contribution is -2.10. The van der Waals surface area contributed by atoms with E-state index in [9.17, 15) is 4.79 Å². The van der Waals surface area contributed by atoms with Crippen molar-refractivity contribution in [2.75, 3.05) is 6.61 Å². The molecule has 4 rings (SSSR count). The van der Waals surface area contributed by atoms with E-state index in [1.165, 1.54) is 0 Å². The molecule has 0 saturated carbocycles. The molecule has 2 aromatic carbocycles. The summed E-state index contributed by atoms with van der Waals surface area (Å²) in [6, 6.07) is 11.1. The van der Waals surface area contributed by atoms with E-state index in [-0.39, 0.29) is 5.43 Å². The third-order valence-corrected chi connectivity index (χ3v) is 3.62. The van der Waals surface area contributed by atoms with Crippen LogP contribution in [0, 0.1) is 0 Å². The Morgan fingerprint density at radius 2 is 1.89 bits per heavy atom. The molecule has 1 aromatic heterocycles. The Balaban J connectivity index is 2.21. The molecule has 2 heterocycles. The first-order chi connectivity index (χ1) is 9.34. The largest absolute Gasteiger partial charge is 0.489 e. The van der Waals surface area contributed by atoms with Crippen LogP contribution in [-0.4, -0.2) is 6.61 Å². The fraction of sp³-hybridized carbons (Fsp3) is 0.188. The van der Waals surface area contributed by atoms with Crippen molar-refractivity contribution in [3.63, 3.8) is 0 Å². The maximum atomic E-state index is 12.5. The number of ether oxygens (including phenoxy) is 1. The molecule has 1 aliphatic heterocycles. The fourth-order valence-electron chi connectivity index (χ4n) is 2.67. The first kappa shape index (κ1) is 10.6. The Morgan fingerprint density at radius 1 is 1.00 bits per heavy atom. The average molecular weight is 252 g/mol. The van der Waals surface area contributed by atoms with Crippen molar-refractivity contribution >= 4 is 21.9 Å². The molecule has 0 saturated heterocycles. The molecule has 0 atom stereocenters. The van der Waals surface area contributed by atoms with Crippen molar-refractivity contribution < 1.29 is 9.15 Å². The minimum atomic E-state index is 0.00817. The van der Waals surface area contributed by atoms with Crippen molar-refractivity contribution in [1.82, 2.24) is 0 Å². The van der Waals surface area contributed by atoms with Crippen molar-refractivity contribution in [1.29, 1.82) is 0 Å². The minimum absolute atomic E-state index is 0.00817. The summed E-state index contributed by atoms with van der Waals surface area (Å²) in [5, 5.41) is 1.21. The molecule has 0 spiro atoms. The van der Waals surface area contributed by atoms with Gasteiger partial charge in [0.05, 0.1) is 17.4 Å². The van der Waals surface area contributed by atoms with Gasteiger partial charge in [0.25, 0.3) is 0 Å². The molecule has 0 amide bonds. The number of para-hydroxylation sites is 1. The number of hydrogen-bond donors (Lipinski definition) is 0. The van der Waals surface area contributed by atoms with E-state index in [2.05, 4.69) is 0 Å². The van der Waals surface area contributed by atoms with Gasteiger partial charge in [0, 0.05) is 0 Å². The van der Waals surface area contributed by atoms with Crippen LogP contribution in [0.25, 0.3) is 21.9 Å². The van der Waals surface area contributed by atoms with Crippen LogP contribution in [0.4, 0.5) is 0 Å². The van der Waals surface area contributed by atoms with Gasteiger partial charge < -0.3 is 9.15 Å². The van der Waals surface area contributed by atoms with Gasteiger partial charge in [0.1, 0.15) is 5.58 Å². The van der Waals surface area contributed by atoms with Gasteiger partial charge in [-0.2, -0.15) is 0 Å². The van der Waals surface area contributed by atoms with Gasteiger partial charge >= 0.3 is 0 Å². The van der Waals surface area contributed by atoms with E-state index in [4.69, 9.17) is 9.15 Å². The zero-order valence-corrected chi connectivity index (χ0v) is 10.3. The van der Waals surface area contributed by atoms with Crippen LogP contribution in [0.3, 0.4) is 0 Å². The quantitative estimate of drug-likeness (QED) is 0.576. The summed E-state index contributed by atoms with van der Waals surface area (Å²) in [4.78, 5) is 12.5. The van der Waals surface area contributed by atoms with Gasteiger partial charge in [0.15, 0.2) is 11.3 Å². The summed E-state index contributed by atoms with van der Waals surface area (Å²) in [5.74, 6) is 0.742. The molecule has 0 radical (unpaired) electrons. The molecule has 0 unspecified atom stereocenters. The molecule has 1 aliphatic rings. The van der Waals surface area contributed by atoms with Gasteiger partial charge in [-0.25, -0.2) is 0 Å². The predicted molar refractivity (Wildman–Crippen MR) is 73.8 cm³/mol. The monoisotopic (exact) mass is 252 g/mol. The molecule has 0 bridgehead atoms. The van der Waals surface area contributed by atoms with E-state index in [1.54, 1.807) is 6.07 Å². The van der Waals surface area contributed by atoms with E-state index < -0.39 is 0 Å². The number of benzene rings is 2. The molecule has 3 nitrogen and oxygen atoms in total. The zero-order valence-electron chi connectivity index (χ0n) is 10.3. The molecule has 19 heavy (non-hydrogen) atoms. The van der Waals surface area contributed by atoms with Crippen LogP contribution in [0.5, 0.6) is 5.75 Å². The highest BCUT2D eigenvalue weighted by atomic mass is 16.5. The van der Waals surface area contributed by atoms with Crippen molar-refractivity contribution in [3.8, 4) is 5.75 Å². The van der Waals surface area contributed by atoms with Gasteiger partial charge in [-0.3, -0.25) is 4.79 Å². The van der Waals surface area contributed by atoms with E-state index >= 15 is 0 Å². The van der Waals surface area contributed by atoms with Crippen LogP contribution in [0.15, 0.2) is 45.6 Å². The standard InChI is InChI=1S/C16H12O3/c17-14-11-5-1-2-6-13(11)19-16-12(14)8-7-10-4-3-9-18-15(10)16/h1-2,5-8H,3-4,9H2. The van der Waals surface area contributed by atoms with Crippen LogP contribution in [0.1, 0.15) is 12.0 Å². The lowest BCUT2D eigenvalue weighted by Gasteiger charge is -2.18. The topological polar surface area (TPSA) is 39.4 Å². The first-order valence-electron chi connectivity index (χ1n) is 6.45. The normalized spacial score (nSPS) is 14.3. The first-order valence-corrected chi connectivity index (χ1v) is 6.45. The summed E-state index contributed by atoms with van der Waals surface area (Å²) in [6.45, 7) is 0.683. The zero-order chi connectivity index (χ0) is 12.8. The summed E-state index contributed by atoms with van der Waals surface area (Å²) in [7, 11) is 0. The molecule has 3 heteroatoms. The third-order valence-electron chi connectivity index (χ3n) is 3.62. The molecule has 94 valence electrons. The number of rotatable bonds is 0. The Hall–Kier alpha value is -2.29. The van der Waals surface area contributed by atoms with Crippen molar-refractivity contribution in [3.05, 3.63) is 52.2 Å². The Kier molecular flexibility index (Phi) is 2.15. The maximum absolute atomic E-state index is 12.5. The van der Waals surface area contributed by atoms with Crippen LogP contribution >= 0.6 is 0 Å². The third kappa shape index (κ3) is 1.48. The highest BCUT2D eigenvalue weighted by Crippen LogP contribution is 2.33. The second-order valence-electron chi connectivity index (χ2n) is 4.81. The number of hydrogen-bond acceptors (Lipinski definition) is 3. The lowest BCUT2D eigenvalue weighted by molar-refractivity contribution is 0.288. The van der Waals surface area contributed by atoms with Gasteiger partial charge in [-0.1, -0.05) is 18.2 Å². The number of aryl methyl sites for hydroxylation is 1. The average Bonchev–Trinajstić information content (AvgIpc) is 2.47. The molecule has 3 aromatic rings. The van der Waals surface area contributed by atoms with Crippen LogP contribution in [0.2, 0.25) is 0 Å². The second kappa shape index (κ2) is 3.85. The Bertz CT molecular complexity index is 846. The minimum Gasteiger partial charge on any atom is -0.489 e. The summed E-state index contributed by atoms with van der Waals surface area (Å²) in [5.41, 5.74) is 2.33. The Labute approximate surface area is 109 Å². The summed E-state index contributed by atoms with van der Waals surface area (Å²) < 4.78 is 11.6. The molecule has 0 fully saturated rings. The molecular formula is C16H12O3. The van der Waals surface area contributed by atoms with Crippen LogP contribution < -0.4 is 10.2 Å². The molecular weight excluding hydrogens is 240 g/mol.